The third kappa shape index (κ3) is 2.30. The lowest BCUT2D eigenvalue weighted by molar-refractivity contribution is 0.269. The standard InChI is InChI=1S/C15H22O/c1-10-8-11(2)15(12(3)9-10)14(6-7-16)13-4-5-13/h8-9,13-14,16H,4-7H2,1-3H3. The van der Waals surface area contributed by atoms with E-state index in [1.807, 2.05) is 0 Å². The van der Waals surface area contributed by atoms with Crippen LogP contribution in [0.15, 0.2) is 12.1 Å². The molecule has 16 heavy (non-hydrogen) atoms. The first-order valence-corrected chi connectivity index (χ1v) is 6.32. The Balaban J connectivity index is 2.36. The zero-order valence-electron chi connectivity index (χ0n) is 10.6. The summed E-state index contributed by atoms with van der Waals surface area (Å²) >= 11 is 0. The highest BCUT2D eigenvalue weighted by molar-refractivity contribution is 5.40. The Morgan fingerprint density at radius 3 is 2.19 bits per heavy atom. The van der Waals surface area contributed by atoms with Crippen molar-refractivity contribution in [2.75, 3.05) is 6.61 Å². The molecule has 1 aliphatic rings. The van der Waals surface area contributed by atoms with Crippen LogP contribution < -0.4 is 0 Å². The molecule has 1 aliphatic carbocycles. The molecule has 1 atom stereocenters. The minimum Gasteiger partial charge on any atom is -0.396 e. The summed E-state index contributed by atoms with van der Waals surface area (Å²) < 4.78 is 0. The fourth-order valence-corrected chi connectivity index (χ4v) is 3.03. The second-order valence-electron chi connectivity index (χ2n) is 5.27. The number of rotatable bonds is 4. The van der Waals surface area contributed by atoms with Gasteiger partial charge >= 0.3 is 0 Å². The number of hydrogen-bond donors (Lipinski definition) is 1. The van der Waals surface area contributed by atoms with Crippen molar-refractivity contribution in [2.24, 2.45) is 5.92 Å². The van der Waals surface area contributed by atoms with Gasteiger partial charge in [-0.1, -0.05) is 17.7 Å². The van der Waals surface area contributed by atoms with Crippen molar-refractivity contribution in [2.45, 2.75) is 46.0 Å². The number of hydrogen-bond acceptors (Lipinski definition) is 1. The molecular formula is C15H22O. The fourth-order valence-electron chi connectivity index (χ4n) is 3.03. The Morgan fingerprint density at radius 1 is 1.19 bits per heavy atom. The summed E-state index contributed by atoms with van der Waals surface area (Å²) in [6.45, 7) is 6.89. The lowest BCUT2D eigenvalue weighted by Gasteiger charge is -2.21. The van der Waals surface area contributed by atoms with Crippen LogP contribution >= 0.6 is 0 Å². The van der Waals surface area contributed by atoms with Crippen molar-refractivity contribution in [1.29, 1.82) is 0 Å². The van der Waals surface area contributed by atoms with E-state index in [1.54, 1.807) is 0 Å². The van der Waals surface area contributed by atoms with Crippen molar-refractivity contribution in [3.63, 3.8) is 0 Å². The van der Waals surface area contributed by atoms with Gasteiger partial charge in [0.15, 0.2) is 0 Å². The second-order valence-corrected chi connectivity index (χ2v) is 5.27. The molecule has 1 unspecified atom stereocenters. The Labute approximate surface area is 98.5 Å². The maximum absolute atomic E-state index is 9.21. The first-order chi connectivity index (χ1) is 7.63. The van der Waals surface area contributed by atoms with Crippen molar-refractivity contribution < 1.29 is 5.11 Å². The lowest BCUT2D eigenvalue weighted by Crippen LogP contribution is -2.08. The molecule has 0 heterocycles. The van der Waals surface area contributed by atoms with Gasteiger partial charge in [0, 0.05) is 6.61 Å². The summed E-state index contributed by atoms with van der Waals surface area (Å²) in [6, 6.07) is 4.55. The van der Waals surface area contributed by atoms with Crippen LogP contribution in [0.3, 0.4) is 0 Å². The Morgan fingerprint density at radius 2 is 1.75 bits per heavy atom. The number of aliphatic hydroxyl groups excluding tert-OH is 1. The molecule has 1 nitrogen and oxygen atoms in total. The van der Waals surface area contributed by atoms with Crippen LogP contribution in [-0.2, 0) is 0 Å². The van der Waals surface area contributed by atoms with Crippen LogP contribution in [-0.4, -0.2) is 11.7 Å². The minimum atomic E-state index is 0.313. The van der Waals surface area contributed by atoms with Gasteiger partial charge in [0.2, 0.25) is 0 Å². The van der Waals surface area contributed by atoms with Crippen LogP contribution in [0.1, 0.15) is 47.4 Å². The van der Waals surface area contributed by atoms with E-state index >= 15 is 0 Å². The quantitative estimate of drug-likeness (QED) is 0.820. The molecular weight excluding hydrogens is 196 g/mol. The third-order valence-corrected chi connectivity index (χ3v) is 3.74. The van der Waals surface area contributed by atoms with E-state index in [2.05, 4.69) is 32.9 Å². The van der Waals surface area contributed by atoms with Gasteiger partial charge in [0.05, 0.1) is 0 Å². The van der Waals surface area contributed by atoms with Gasteiger partial charge in [-0.15, -0.1) is 0 Å². The Hall–Kier alpha value is -0.820. The molecule has 0 spiro atoms. The van der Waals surface area contributed by atoms with Crippen molar-refractivity contribution in [1.82, 2.24) is 0 Å². The highest BCUT2D eigenvalue weighted by Crippen LogP contribution is 2.46. The number of aryl methyl sites for hydroxylation is 3. The summed E-state index contributed by atoms with van der Waals surface area (Å²) in [5.41, 5.74) is 5.66. The summed E-state index contributed by atoms with van der Waals surface area (Å²) in [5.74, 6) is 1.41. The molecule has 1 saturated carbocycles. The topological polar surface area (TPSA) is 20.2 Å². The second kappa shape index (κ2) is 4.58. The highest BCUT2D eigenvalue weighted by atomic mass is 16.3. The van der Waals surface area contributed by atoms with Crippen molar-refractivity contribution in [3.05, 3.63) is 34.4 Å². The van der Waals surface area contributed by atoms with Crippen LogP contribution in [0.4, 0.5) is 0 Å². The number of aliphatic hydroxyl groups is 1. The SMILES string of the molecule is Cc1cc(C)c(C(CCO)C2CC2)c(C)c1. The van der Waals surface area contributed by atoms with Gasteiger partial charge in [0.25, 0.3) is 0 Å². The molecule has 88 valence electrons. The van der Waals surface area contributed by atoms with Crippen LogP contribution in [0.25, 0.3) is 0 Å². The zero-order valence-corrected chi connectivity index (χ0v) is 10.6. The first kappa shape index (κ1) is 11.7. The molecule has 0 aromatic heterocycles. The molecule has 2 rings (SSSR count). The monoisotopic (exact) mass is 218 g/mol. The van der Waals surface area contributed by atoms with Gasteiger partial charge in [-0.25, -0.2) is 0 Å². The molecule has 1 N–H and O–H groups in total. The van der Waals surface area contributed by atoms with Gasteiger partial charge in [-0.05, 0) is 68.6 Å². The summed E-state index contributed by atoms with van der Waals surface area (Å²) in [6.07, 6.45) is 3.62. The number of benzene rings is 1. The normalized spacial score (nSPS) is 17.5. The molecule has 0 amide bonds. The molecule has 0 saturated heterocycles. The molecule has 1 aromatic carbocycles. The third-order valence-electron chi connectivity index (χ3n) is 3.74. The van der Waals surface area contributed by atoms with E-state index in [0.29, 0.717) is 12.5 Å². The van der Waals surface area contributed by atoms with E-state index < -0.39 is 0 Å². The van der Waals surface area contributed by atoms with Crippen LogP contribution in [0, 0.1) is 26.7 Å². The maximum Gasteiger partial charge on any atom is 0.0436 e. The largest absolute Gasteiger partial charge is 0.396 e. The summed E-state index contributed by atoms with van der Waals surface area (Å²) in [4.78, 5) is 0. The van der Waals surface area contributed by atoms with Gasteiger partial charge in [-0.2, -0.15) is 0 Å². The van der Waals surface area contributed by atoms with Crippen LogP contribution in [0.5, 0.6) is 0 Å². The summed E-state index contributed by atoms with van der Waals surface area (Å²) in [5, 5.41) is 9.21. The van der Waals surface area contributed by atoms with E-state index in [4.69, 9.17) is 0 Å². The molecule has 0 radical (unpaired) electrons. The average molecular weight is 218 g/mol. The van der Waals surface area contributed by atoms with E-state index in [0.717, 1.165) is 12.3 Å². The Bertz CT molecular complexity index is 354. The summed E-state index contributed by atoms with van der Waals surface area (Å²) in [7, 11) is 0. The maximum atomic E-state index is 9.21. The lowest BCUT2D eigenvalue weighted by atomic mass is 9.84. The van der Waals surface area contributed by atoms with Crippen LogP contribution in [0.2, 0.25) is 0 Å². The smallest absolute Gasteiger partial charge is 0.0436 e. The van der Waals surface area contributed by atoms with Gasteiger partial charge in [-0.3, -0.25) is 0 Å². The molecule has 0 bridgehead atoms. The molecule has 0 aliphatic heterocycles. The molecule has 1 heteroatoms. The Kier molecular flexibility index (Phi) is 3.34. The first-order valence-electron chi connectivity index (χ1n) is 6.32. The fraction of sp³-hybridized carbons (Fsp3) is 0.600. The average Bonchev–Trinajstić information content (AvgIpc) is 2.97. The van der Waals surface area contributed by atoms with Crippen molar-refractivity contribution >= 4 is 0 Å². The predicted octanol–water partition coefficient (Wildman–Crippen LogP) is 3.49. The van der Waals surface area contributed by atoms with Crippen molar-refractivity contribution in [3.8, 4) is 0 Å². The van der Waals surface area contributed by atoms with Gasteiger partial charge in [0.1, 0.15) is 0 Å². The molecule has 1 fully saturated rings. The zero-order chi connectivity index (χ0) is 11.7. The minimum absolute atomic E-state index is 0.313. The molecule has 1 aromatic rings. The predicted molar refractivity (Wildman–Crippen MR) is 67.8 cm³/mol. The van der Waals surface area contributed by atoms with E-state index in [9.17, 15) is 5.11 Å². The van der Waals surface area contributed by atoms with E-state index in [-0.39, 0.29) is 0 Å². The highest BCUT2D eigenvalue weighted by Gasteiger charge is 2.33. The van der Waals surface area contributed by atoms with E-state index in [1.165, 1.54) is 35.1 Å². The van der Waals surface area contributed by atoms with Gasteiger partial charge < -0.3 is 5.11 Å².